The summed E-state index contributed by atoms with van der Waals surface area (Å²) in [5, 5.41) is 29.0. The van der Waals surface area contributed by atoms with E-state index < -0.39 is 12.1 Å². The standard InChI is InChI=1S/C10H21NO4/c1-8(2-3-10(14)15)4-5-11-6-9(13)7-12/h8-9,11-13H,2-7H2,1H3,(H,14,15). The Kier molecular flexibility index (Phi) is 8.27. The summed E-state index contributed by atoms with van der Waals surface area (Å²) in [6.45, 7) is 2.88. The van der Waals surface area contributed by atoms with Crippen LogP contribution in [0, 0.1) is 5.92 Å². The van der Waals surface area contributed by atoms with Crippen LogP contribution in [0.1, 0.15) is 26.2 Å². The average Bonchev–Trinajstić information content (AvgIpc) is 2.21. The fourth-order valence-corrected chi connectivity index (χ4v) is 1.20. The van der Waals surface area contributed by atoms with Crippen LogP contribution >= 0.6 is 0 Å². The summed E-state index contributed by atoms with van der Waals surface area (Å²) in [7, 11) is 0. The lowest BCUT2D eigenvalue weighted by molar-refractivity contribution is -0.137. The SMILES string of the molecule is CC(CCNCC(O)CO)CCC(=O)O. The third-order valence-corrected chi connectivity index (χ3v) is 2.26. The number of aliphatic hydroxyl groups excluding tert-OH is 2. The molecule has 0 fully saturated rings. The van der Waals surface area contributed by atoms with Gasteiger partial charge in [0.2, 0.25) is 0 Å². The first-order chi connectivity index (χ1) is 7.06. The van der Waals surface area contributed by atoms with Gasteiger partial charge in [-0.1, -0.05) is 6.92 Å². The van der Waals surface area contributed by atoms with Crippen LogP contribution in [0.4, 0.5) is 0 Å². The van der Waals surface area contributed by atoms with Crippen molar-refractivity contribution >= 4 is 5.97 Å². The number of hydrogen-bond donors (Lipinski definition) is 4. The van der Waals surface area contributed by atoms with E-state index in [4.69, 9.17) is 15.3 Å². The van der Waals surface area contributed by atoms with Gasteiger partial charge in [-0.25, -0.2) is 0 Å². The van der Waals surface area contributed by atoms with Gasteiger partial charge in [0.1, 0.15) is 0 Å². The van der Waals surface area contributed by atoms with Crippen molar-refractivity contribution in [2.45, 2.75) is 32.3 Å². The number of carbonyl (C=O) groups is 1. The van der Waals surface area contributed by atoms with Crippen molar-refractivity contribution in [1.82, 2.24) is 5.32 Å². The Labute approximate surface area is 90.1 Å². The summed E-state index contributed by atoms with van der Waals surface area (Å²) in [6.07, 6.45) is 1.06. The van der Waals surface area contributed by atoms with Gasteiger partial charge in [0, 0.05) is 13.0 Å². The van der Waals surface area contributed by atoms with Crippen molar-refractivity contribution in [1.29, 1.82) is 0 Å². The second-order valence-electron chi connectivity index (χ2n) is 3.87. The maximum absolute atomic E-state index is 10.3. The highest BCUT2D eigenvalue weighted by molar-refractivity contribution is 5.66. The summed E-state index contributed by atoms with van der Waals surface area (Å²) >= 11 is 0. The molecule has 0 saturated heterocycles. The molecule has 0 aromatic heterocycles. The normalized spacial score (nSPS) is 14.9. The molecule has 15 heavy (non-hydrogen) atoms. The highest BCUT2D eigenvalue weighted by atomic mass is 16.4. The molecule has 4 N–H and O–H groups in total. The number of rotatable bonds is 9. The topological polar surface area (TPSA) is 89.8 Å². The molecule has 2 unspecified atom stereocenters. The second-order valence-corrected chi connectivity index (χ2v) is 3.87. The third kappa shape index (κ3) is 9.65. The van der Waals surface area contributed by atoms with Crippen LogP contribution in [-0.4, -0.2) is 47.1 Å². The van der Waals surface area contributed by atoms with Gasteiger partial charge in [-0.05, 0) is 25.3 Å². The Balaban J connectivity index is 3.31. The lowest BCUT2D eigenvalue weighted by Crippen LogP contribution is -2.30. The molecule has 0 aromatic rings. The van der Waals surface area contributed by atoms with Gasteiger partial charge >= 0.3 is 5.97 Å². The molecule has 0 amide bonds. The molecule has 5 nitrogen and oxygen atoms in total. The molecule has 0 heterocycles. The number of aliphatic hydroxyl groups is 2. The summed E-state index contributed by atoms with van der Waals surface area (Å²) in [6, 6.07) is 0. The smallest absolute Gasteiger partial charge is 0.303 e. The van der Waals surface area contributed by atoms with E-state index in [1.54, 1.807) is 0 Å². The third-order valence-electron chi connectivity index (χ3n) is 2.26. The van der Waals surface area contributed by atoms with Crippen LogP contribution in [-0.2, 0) is 4.79 Å². The van der Waals surface area contributed by atoms with Crippen LogP contribution in [0.2, 0.25) is 0 Å². The maximum atomic E-state index is 10.3. The lowest BCUT2D eigenvalue weighted by Gasteiger charge is -2.12. The highest BCUT2D eigenvalue weighted by Gasteiger charge is 2.06. The van der Waals surface area contributed by atoms with E-state index >= 15 is 0 Å². The quantitative estimate of drug-likeness (QED) is 0.404. The van der Waals surface area contributed by atoms with Crippen molar-refractivity contribution < 1.29 is 20.1 Å². The maximum Gasteiger partial charge on any atom is 0.303 e. The van der Waals surface area contributed by atoms with E-state index in [0.29, 0.717) is 18.9 Å². The zero-order valence-electron chi connectivity index (χ0n) is 9.15. The molecule has 0 aliphatic rings. The van der Waals surface area contributed by atoms with Crippen molar-refractivity contribution in [3.63, 3.8) is 0 Å². The Morgan fingerprint density at radius 3 is 2.60 bits per heavy atom. The van der Waals surface area contributed by atoms with Gasteiger partial charge in [-0.15, -0.1) is 0 Å². The fourth-order valence-electron chi connectivity index (χ4n) is 1.20. The Hall–Kier alpha value is -0.650. The molecule has 0 aliphatic heterocycles. The summed E-state index contributed by atoms with van der Waals surface area (Å²) in [4.78, 5) is 10.3. The molecule has 0 spiro atoms. The molecule has 2 atom stereocenters. The largest absolute Gasteiger partial charge is 0.481 e. The first-order valence-corrected chi connectivity index (χ1v) is 5.27. The van der Waals surface area contributed by atoms with E-state index in [-0.39, 0.29) is 13.0 Å². The monoisotopic (exact) mass is 219 g/mol. The van der Waals surface area contributed by atoms with Gasteiger partial charge < -0.3 is 20.6 Å². The zero-order chi connectivity index (χ0) is 11.7. The number of carboxylic acids is 1. The first-order valence-electron chi connectivity index (χ1n) is 5.27. The molecule has 0 bridgehead atoms. The predicted octanol–water partition coefficient (Wildman–Crippen LogP) is -0.180. The van der Waals surface area contributed by atoms with E-state index in [0.717, 1.165) is 13.0 Å². The van der Waals surface area contributed by atoms with Crippen LogP contribution < -0.4 is 5.32 Å². The molecule has 90 valence electrons. The molecular formula is C10H21NO4. The van der Waals surface area contributed by atoms with E-state index in [9.17, 15) is 4.79 Å². The summed E-state index contributed by atoms with van der Waals surface area (Å²) in [5.41, 5.74) is 0. The van der Waals surface area contributed by atoms with Crippen LogP contribution in [0.25, 0.3) is 0 Å². The first kappa shape index (κ1) is 14.3. The van der Waals surface area contributed by atoms with Crippen molar-refractivity contribution in [3.8, 4) is 0 Å². The number of nitrogens with one attached hydrogen (secondary N) is 1. The molecule has 0 radical (unpaired) electrons. The minimum Gasteiger partial charge on any atom is -0.481 e. The molecule has 5 heteroatoms. The van der Waals surface area contributed by atoms with Gasteiger partial charge in [0.15, 0.2) is 0 Å². The Bertz CT molecular complexity index is 175. The molecule has 0 aromatic carbocycles. The summed E-state index contributed by atoms with van der Waals surface area (Å²) < 4.78 is 0. The highest BCUT2D eigenvalue weighted by Crippen LogP contribution is 2.08. The van der Waals surface area contributed by atoms with Crippen molar-refractivity contribution in [3.05, 3.63) is 0 Å². The molecule has 0 aliphatic carbocycles. The molecular weight excluding hydrogens is 198 g/mol. The summed E-state index contributed by atoms with van der Waals surface area (Å²) in [5.74, 6) is -0.398. The number of carboxylic acid groups (broad SMARTS) is 1. The van der Waals surface area contributed by atoms with Gasteiger partial charge in [-0.2, -0.15) is 0 Å². The Morgan fingerprint density at radius 2 is 2.07 bits per heavy atom. The van der Waals surface area contributed by atoms with E-state index in [2.05, 4.69) is 5.32 Å². The number of hydrogen-bond acceptors (Lipinski definition) is 4. The lowest BCUT2D eigenvalue weighted by atomic mass is 10.0. The van der Waals surface area contributed by atoms with Gasteiger partial charge in [-0.3, -0.25) is 4.79 Å². The van der Waals surface area contributed by atoms with Crippen molar-refractivity contribution in [2.75, 3.05) is 19.7 Å². The van der Waals surface area contributed by atoms with Gasteiger partial charge in [0.05, 0.1) is 12.7 Å². The van der Waals surface area contributed by atoms with E-state index in [1.165, 1.54) is 0 Å². The second kappa shape index (κ2) is 8.64. The molecule has 0 rings (SSSR count). The molecule has 0 saturated carbocycles. The van der Waals surface area contributed by atoms with Crippen molar-refractivity contribution in [2.24, 2.45) is 5.92 Å². The van der Waals surface area contributed by atoms with Crippen LogP contribution in [0.15, 0.2) is 0 Å². The van der Waals surface area contributed by atoms with Gasteiger partial charge in [0.25, 0.3) is 0 Å². The fraction of sp³-hybridized carbons (Fsp3) is 0.900. The predicted molar refractivity (Wildman–Crippen MR) is 56.6 cm³/mol. The minimum absolute atomic E-state index is 0.209. The zero-order valence-corrected chi connectivity index (χ0v) is 9.15. The van der Waals surface area contributed by atoms with Crippen LogP contribution in [0.5, 0.6) is 0 Å². The average molecular weight is 219 g/mol. The number of aliphatic carboxylic acids is 1. The minimum atomic E-state index is -0.759. The Morgan fingerprint density at radius 1 is 1.40 bits per heavy atom. The van der Waals surface area contributed by atoms with E-state index in [1.807, 2.05) is 6.92 Å². The van der Waals surface area contributed by atoms with Crippen LogP contribution in [0.3, 0.4) is 0 Å².